The molecule has 0 atom stereocenters. The van der Waals surface area contributed by atoms with E-state index in [1.54, 1.807) is 13.2 Å². The van der Waals surface area contributed by atoms with Gasteiger partial charge in [0.25, 0.3) is 0 Å². The van der Waals surface area contributed by atoms with Crippen LogP contribution < -0.4 is 10.1 Å². The maximum atomic E-state index is 12.1. The van der Waals surface area contributed by atoms with E-state index < -0.39 is 0 Å². The largest absolute Gasteiger partial charge is 0.493 e. The normalized spacial score (nSPS) is 10.8. The summed E-state index contributed by atoms with van der Waals surface area (Å²) in [4.78, 5) is 12.1. The fourth-order valence-electron chi connectivity index (χ4n) is 2.34. The molecule has 0 fully saturated rings. The summed E-state index contributed by atoms with van der Waals surface area (Å²) in [5.74, 6) is 0.628. The van der Waals surface area contributed by atoms with Gasteiger partial charge in [0, 0.05) is 25.3 Å². The fraction of sp³-hybridized carbons (Fsp3) is 0.250. The molecule has 0 unspecified atom stereocenters. The van der Waals surface area contributed by atoms with Crippen LogP contribution in [-0.2, 0) is 22.7 Å². The molecule has 4 nitrogen and oxygen atoms in total. The van der Waals surface area contributed by atoms with Crippen LogP contribution >= 0.6 is 0 Å². The highest BCUT2D eigenvalue weighted by molar-refractivity contribution is 5.92. The number of hydrogen-bond acceptors (Lipinski definition) is 3. The molecule has 24 heavy (non-hydrogen) atoms. The molecule has 1 N–H and O–H groups in total. The highest BCUT2D eigenvalue weighted by Gasteiger charge is 2.03. The van der Waals surface area contributed by atoms with Crippen LogP contribution in [0.1, 0.15) is 23.6 Å². The zero-order chi connectivity index (χ0) is 17.2. The summed E-state index contributed by atoms with van der Waals surface area (Å²) in [5.41, 5.74) is 3.01. The molecule has 126 valence electrons. The van der Waals surface area contributed by atoms with E-state index in [0.29, 0.717) is 19.8 Å². The molecule has 0 heterocycles. The Morgan fingerprint density at radius 1 is 1.08 bits per heavy atom. The Labute approximate surface area is 143 Å². The standard InChI is InChI=1S/C20H23NO3/c1-3-24-19-11-7-6-8-16(19)12-13-20(22)21-14-17-9-4-5-10-18(17)15-23-2/h4-13H,3,14-15H2,1-2H3,(H,21,22)/b13-12+. The first-order valence-electron chi connectivity index (χ1n) is 7.98. The van der Waals surface area contributed by atoms with E-state index in [-0.39, 0.29) is 5.91 Å². The summed E-state index contributed by atoms with van der Waals surface area (Å²) in [6.07, 6.45) is 3.29. The maximum Gasteiger partial charge on any atom is 0.244 e. The van der Waals surface area contributed by atoms with E-state index in [1.807, 2.05) is 55.5 Å². The van der Waals surface area contributed by atoms with Crippen LogP contribution in [-0.4, -0.2) is 19.6 Å². The molecule has 2 rings (SSSR count). The molecule has 2 aromatic rings. The van der Waals surface area contributed by atoms with Crippen LogP contribution in [0.25, 0.3) is 6.08 Å². The average molecular weight is 325 g/mol. The lowest BCUT2D eigenvalue weighted by Gasteiger charge is -2.09. The molecule has 0 saturated heterocycles. The number of ether oxygens (including phenoxy) is 2. The van der Waals surface area contributed by atoms with Crippen LogP contribution in [0.5, 0.6) is 5.75 Å². The highest BCUT2D eigenvalue weighted by Crippen LogP contribution is 2.19. The fourth-order valence-corrected chi connectivity index (χ4v) is 2.34. The Bertz CT molecular complexity index is 695. The van der Waals surface area contributed by atoms with Crippen molar-refractivity contribution in [1.29, 1.82) is 0 Å². The van der Waals surface area contributed by atoms with Crippen molar-refractivity contribution in [3.63, 3.8) is 0 Å². The third-order valence-electron chi connectivity index (χ3n) is 3.50. The second-order valence-electron chi connectivity index (χ2n) is 5.22. The van der Waals surface area contributed by atoms with Crippen LogP contribution in [0.15, 0.2) is 54.6 Å². The molecule has 0 spiro atoms. The molecule has 0 aromatic heterocycles. The molecule has 2 aromatic carbocycles. The van der Waals surface area contributed by atoms with E-state index in [1.165, 1.54) is 6.08 Å². The van der Waals surface area contributed by atoms with Crippen molar-refractivity contribution in [3.8, 4) is 5.75 Å². The SMILES string of the molecule is CCOc1ccccc1/C=C/C(=O)NCc1ccccc1COC. The van der Waals surface area contributed by atoms with Gasteiger partial charge in [-0.2, -0.15) is 0 Å². The second kappa shape index (κ2) is 9.53. The Balaban J connectivity index is 1.97. The lowest BCUT2D eigenvalue weighted by Crippen LogP contribution is -2.21. The number of carbonyl (C=O) groups excluding carboxylic acids is 1. The van der Waals surface area contributed by atoms with Gasteiger partial charge in [-0.15, -0.1) is 0 Å². The Kier molecular flexibility index (Phi) is 7.05. The maximum absolute atomic E-state index is 12.1. The number of benzene rings is 2. The first-order valence-corrected chi connectivity index (χ1v) is 7.98. The molecule has 0 aliphatic carbocycles. The van der Waals surface area contributed by atoms with Crippen LogP contribution in [0.3, 0.4) is 0 Å². The van der Waals surface area contributed by atoms with E-state index >= 15 is 0 Å². The number of hydrogen-bond donors (Lipinski definition) is 1. The van der Waals surface area contributed by atoms with Crippen molar-refractivity contribution in [2.24, 2.45) is 0 Å². The lowest BCUT2D eigenvalue weighted by molar-refractivity contribution is -0.116. The molecule has 0 saturated carbocycles. The van der Waals surface area contributed by atoms with E-state index in [9.17, 15) is 4.79 Å². The van der Waals surface area contributed by atoms with Crippen LogP contribution in [0.2, 0.25) is 0 Å². The third kappa shape index (κ3) is 5.25. The molecule has 4 heteroatoms. The monoisotopic (exact) mass is 325 g/mol. The Morgan fingerprint density at radius 3 is 2.54 bits per heavy atom. The lowest BCUT2D eigenvalue weighted by atomic mass is 10.1. The Morgan fingerprint density at radius 2 is 1.79 bits per heavy atom. The van der Waals surface area contributed by atoms with Crippen LogP contribution in [0, 0.1) is 0 Å². The van der Waals surface area contributed by atoms with E-state index in [2.05, 4.69) is 5.32 Å². The van der Waals surface area contributed by atoms with Gasteiger partial charge in [0.1, 0.15) is 5.75 Å². The summed E-state index contributed by atoms with van der Waals surface area (Å²) in [6, 6.07) is 15.5. The van der Waals surface area contributed by atoms with Gasteiger partial charge in [-0.1, -0.05) is 42.5 Å². The van der Waals surface area contributed by atoms with Crippen LogP contribution in [0.4, 0.5) is 0 Å². The van der Waals surface area contributed by atoms with Gasteiger partial charge >= 0.3 is 0 Å². The number of amides is 1. The number of rotatable bonds is 8. The van der Waals surface area contributed by atoms with Crippen molar-refractivity contribution < 1.29 is 14.3 Å². The van der Waals surface area contributed by atoms with Crippen molar-refractivity contribution in [2.45, 2.75) is 20.1 Å². The second-order valence-corrected chi connectivity index (χ2v) is 5.22. The van der Waals surface area contributed by atoms with Gasteiger partial charge in [0.2, 0.25) is 5.91 Å². The van der Waals surface area contributed by atoms with Gasteiger partial charge in [-0.3, -0.25) is 4.79 Å². The van der Waals surface area contributed by atoms with Gasteiger partial charge in [-0.05, 0) is 30.2 Å². The number of nitrogens with one attached hydrogen (secondary N) is 1. The topological polar surface area (TPSA) is 47.6 Å². The minimum Gasteiger partial charge on any atom is -0.493 e. The summed E-state index contributed by atoms with van der Waals surface area (Å²) < 4.78 is 10.7. The zero-order valence-corrected chi connectivity index (χ0v) is 14.1. The molecule has 0 radical (unpaired) electrons. The Hall–Kier alpha value is -2.59. The van der Waals surface area contributed by atoms with Gasteiger partial charge < -0.3 is 14.8 Å². The van der Waals surface area contributed by atoms with Crippen molar-refractivity contribution in [3.05, 3.63) is 71.3 Å². The molecule has 1 amide bonds. The van der Waals surface area contributed by atoms with Gasteiger partial charge in [0.15, 0.2) is 0 Å². The molecule has 0 aliphatic heterocycles. The molecular formula is C20H23NO3. The summed E-state index contributed by atoms with van der Waals surface area (Å²) in [7, 11) is 1.66. The number of para-hydroxylation sites is 1. The average Bonchev–Trinajstić information content (AvgIpc) is 2.61. The smallest absolute Gasteiger partial charge is 0.244 e. The first-order chi connectivity index (χ1) is 11.7. The quantitative estimate of drug-likeness (QED) is 0.755. The zero-order valence-electron chi connectivity index (χ0n) is 14.1. The van der Waals surface area contributed by atoms with Crippen molar-refractivity contribution in [1.82, 2.24) is 5.32 Å². The minimum atomic E-state index is -0.145. The first kappa shape index (κ1) is 17.8. The number of methoxy groups -OCH3 is 1. The third-order valence-corrected chi connectivity index (χ3v) is 3.50. The molecule has 0 aliphatic rings. The van der Waals surface area contributed by atoms with E-state index in [0.717, 1.165) is 22.4 Å². The van der Waals surface area contributed by atoms with Crippen molar-refractivity contribution in [2.75, 3.05) is 13.7 Å². The minimum absolute atomic E-state index is 0.145. The predicted octanol–water partition coefficient (Wildman–Crippen LogP) is 3.56. The van der Waals surface area contributed by atoms with Gasteiger partial charge in [-0.25, -0.2) is 0 Å². The van der Waals surface area contributed by atoms with E-state index in [4.69, 9.17) is 9.47 Å². The summed E-state index contributed by atoms with van der Waals surface area (Å²) >= 11 is 0. The molecule has 0 bridgehead atoms. The van der Waals surface area contributed by atoms with Gasteiger partial charge in [0.05, 0.1) is 13.2 Å². The molecular weight excluding hydrogens is 302 g/mol. The predicted molar refractivity (Wildman–Crippen MR) is 95.6 cm³/mol. The van der Waals surface area contributed by atoms with Crippen molar-refractivity contribution >= 4 is 12.0 Å². The number of carbonyl (C=O) groups is 1. The summed E-state index contributed by atoms with van der Waals surface area (Å²) in [6.45, 7) is 3.53. The highest BCUT2D eigenvalue weighted by atomic mass is 16.5. The summed E-state index contributed by atoms with van der Waals surface area (Å²) in [5, 5.41) is 2.90.